The number of furan rings is 1. The van der Waals surface area contributed by atoms with Crippen LogP contribution >= 0.6 is 12.2 Å². The van der Waals surface area contributed by atoms with Crippen molar-refractivity contribution in [3.8, 4) is 23.1 Å². The molecule has 0 fully saturated rings. The molecule has 1 aromatic carbocycles. The number of rotatable bonds is 6. The maximum Gasteiger partial charge on any atom is 0.387 e. The molecule has 3 rings (SSSR count). The molecule has 1 N–H and O–H groups in total. The van der Waals surface area contributed by atoms with Gasteiger partial charge in [-0.05, 0) is 48.1 Å². The van der Waals surface area contributed by atoms with Gasteiger partial charge < -0.3 is 13.9 Å². The van der Waals surface area contributed by atoms with Crippen LogP contribution in [0, 0.1) is 4.77 Å². The van der Waals surface area contributed by atoms with Crippen LogP contribution in [0.15, 0.2) is 46.1 Å². The Balaban J connectivity index is 1.93. The molecular formula is C15H12F2N4O3S. The molecule has 7 nitrogen and oxygen atoms in total. The molecule has 0 atom stereocenters. The minimum Gasteiger partial charge on any atom is -0.493 e. The number of aromatic nitrogens is 3. The van der Waals surface area contributed by atoms with Crippen molar-refractivity contribution < 1.29 is 22.7 Å². The van der Waals surface area contributed by atoms with Crippen LogP contribution in [0.5, 0.6) is 11.5 Å². The van der Waals surface area contributed by atoms with Crippen molar-refractivity contribution >= 4 is 18.4 Å². The number of H-pyrrole nitrogens is 1. The van der Waals surface area contributed by atoms with Crippen molar-refractivity contribution in [2.24, 2.45) is 5.10 Å². The quantitative estimate of drug-likeness (QED) is 0.532. The van der Waals surface area contributed by atoms with Crippen molar-refractivity contribution in [3.05, 3.63) is 46.9 Å². The van der Waals surface area contributed by atoms with E-state index in [-0.39, 0.29) is 16.3 Å². The van der Waals surface area contributed by atoms with Crippen molar-refractivity contribution in [3.63, 3.8) is 0 Å². The zero-order chi connectivity index (χ0) is 17.8. The van der Waals surface area contributed by atoms with E-state index in [2.05, 4.69) is 20.0 Å². The Morgan fingerprint density at radius 2 is 2.20 bits per heavy atom. The number of aromatic amines is 1. The molecule has 2 heterocycles. The number of benzene rings is 1. The van der Waals surface area contributed by atoms with Crippen LogP contribution in [0.2, 0.25) is 0 Å². The molecule has 2 aromatic heterocycles. The Hall–Kier alpha value is -3.01. The van der Waals surface area contributed by atoms with E-state index in [4.69, 9.17) is 21.4 Å². The number of nitrogens with zero attached hydrogens (tertiary/aromatic N) is 3. The van der Waals surface area contributed by atoms with Crippen LogP contribution in [0.4, 0.5) is 8.78 Å². The summed E-state index contributed by atoms with van der Waals surface area (Å²) in [5, 5.41) is 10.9. The SMILES string of the molecule is COc1ccc(/C=N\n2c(-c3ccco3)n[nH]c2=S)cc1OC(F)F. The average molecular weight is 366 g/mol. The molecule has 0 spiro atoms. The van der Waals surface area contributed by atoms with Crippen molar-refractivity contribution in [2.45, 2.75) is 6.61 Å². The first-order valence-corrected chi connectivity index (χ1v) is 7.38. The molecule has 0 bridgehead atoms. The van der Waals surface area contributed by atoms with E-state index in [0.717, 1.165) is 0 Å². The second kappa shape index (κ2) is 7.26. The van der Waals surface area contributed by atoms with Crippen molar-refractivity contribution in [1.29, 1.82) is 0 Å². The minimum absolute atomic E-state index is 0.0940. The lowest BCUT2D eigenvalue weighted by molar-refractivity contribution is -0.0512. The van der Waals surface area contributed by atoms with Crippen molar-refractivity contribution in [1.82, 2.24) is 14.9 Å². The Morgan fingerprint density at radius 1 is 1.36 bits per heavy atom. The summed E-state index contributed by atoms with van der Waals surface area (Å²) in [6.45, 7) is -2.96. The largest absolute Gasteiger partial charge is 0.493 e. The Morgan fingerprint density at radius 3 is 2.88 bits per heavy atom. The molecule has 10 heteroatoms. The minimum atomic E-state index is -2.96. The number of alkyl halides is 2. The lowest BCUT2D eigenvalue weighted by atomic mass is 10.2. The average Bonchev–Trinajstić information content (AvgIpc) is 3.22. The molecule has 130 valence electrons. The Bertz CT molecular complexity index is 935. The zero-order valence-electron chi connectivity index (χ0n) is 12.8. The van der Waals surface area contributed by atoms with E-state index >= 15 is 0 Å². The van der Waals surface area contributed by atoms with E-state index in [1.165, 1.54) is 36.4 Å². The fourth-order valence-electron chi connectivity index (χ4n) is 2.05. The van der Waals surface area contributed by atoms with Gasteiger partial charge in [0.2, 0.25) is 10.6 Å². The molecule has 0 saturated carbocycles. The van der Waals surface area contributed by atoms with Crippen LogP contribution in [0.3, 0.4) is 0 Å². The molecule has 0 amide bonds. The first kappa shape index (κ1) is 16.8. The van der Waals surface area contributed by atoms with E-state index in [1.54, 1.807) is 18.2 Å². The van der Waals surface area contributed by atoms with Gasteiger partial charge in [0.15, 0.2) is 17.3 Å². The molecule has 0 aliphatic rings. The highest BCUT2D eigenvalue weighted by molar-refractivity contribution is 7.71. The van der Waals surface area contributed by atoms with Crippen molar-refractivity contribution in [2.75, 3.05) is 7.11 Å². The van der Waals surface area contributed by atoms with Gasteiger partial charge in [0.05, 0.1) is 19.6 Å². The Labute approximate surface area is 145 Å². The molecule has 0 aliphatic heterocycles. The summed E-state index contributed by atoms with van der Waals surface area (Å²) in [5.41, 5.74) is 0.505. The third-order valence-corrected chi connectivity index (χ3v) is 3.38. The molecule has 0 saturated heterocycles. The van der Waals surface area contributed by atoms with Gasteiger partial charge in [0.25, 0.3) is 0 Å². The summed E-state index contributed by atoms with van der Waals surface area (Å²) >= 11 is 5.13. The van der Waals surface area contributed by atoms with Gasteiger partial charge in [-0.3, -0.25) is 0 Å². The highest BCUT2D eigenvalue weighted by Crippen LogP contribution is 2.29. The molecule has 0 radical (unpaired) electrons. The van der Waals surface area contributed by atoms with Crippen LogP contribution in [0.1, 0.15) is 5.56 Å². The van der Waals surface area contributed by atoms with Crippen LogP contribution in [-0.2, 0) is 0 Å². The van der Waals surface area contributed by atoms with E-state index < -0.39 is 6.61 Å². The van der Waals surface area contributed by atoms with Gasteiger partial charge in [-0.25, -0.2) is 5.10 Å². The molecule has 25 heavy (non-hydrogen) atoms. The highest BCUT2D eigenvalue weighted by atomic mass is 32.1. The van der Waals surface area contributed by atoms with Crippen LogP contribution in [-0.4, -0.2) is 34.8 Å². The number of methoxy groups -OCH3 is 1. The normalized spacial score (nSPS) is 11.4. The van der Waals surface area contributed by atoms with Crippen LogP contribution in [0.25, 0.3) is 11.6 Å². The smallest absolute Gasteiger partial charge is 0.387 e. The highest BCUT2D eigenvalue weighted by Gasteiger charge is 2.12. The predicted octanol–water partition coefficient (Wildman–Crippen LogP) is 3.69. The fourth-order valence-corrected chi connectivity index (χ4v) is 2.23. The van der Waals surface area contributed by atoms with Gasteiger partial charge >= 0.3 is 6.61 Å². The third kappa shape index (κ3) is 3.74. The maximum absolute atomic E-state index is 12.5. The molecule has 3 aromatic rings. The Kier molecular flexibility index (Phi) is 4.89. The summed E-state index contributed by atoms with van der Waals surface area (Å²) in [6.07, 6.45) is 2.92. The predicted molar refractivity (Wildman–Crippen MR) is 87.7 cm³/mol. The first-order chi connectivity index (χ1) is 12.1. The van der Waals surface area contributed by atoms with Gasteiger partial charge in [-0.15, -0.1) is 5.10 Å². The molecule has 0 aliphatic carbocycles. The second-order valence-corrected chi connectivity index (χ2v) is 5.06. The van der Waals surface area contributed by atoms with E-state index in [1.807, 2.05) is 0 Å². The second-order valence-electron chi connectivity index (χ2n) is 4.67. The number of halogens is 2. The maximum atomic E-state index is 12.5. The summed E-state index contributed by atoms with van der Waals surface area (Å²) in [4.78, 5) is 0. The van der Waals surface area contributed by atoms with Gasteiger partial charge in [0, 0.05) is 0 Å². The van der Waals surface area contributed by atoms with Gasteiger partial charge in [0.1, 0.15) is 0 Å². The number of hydrogen-bond donors (Lipinski definition) is 1. The van der Waals surface area contributed by atoms with Gasteiger partial charge in [-0.2, -0.15) is 18.6 Å². The monoisotopic (exact) mass is 366 g/mol. The van der Waals surface area contributed by atoms with E-state index in [0.29, 0.717) is 17.1 Å². The van der Waals surface area contributed by atoms with Crippen LogP contribution < -0.4 is 9.47 Å². The number of hydrogen-bond acceptors (Lipinski definition) is 6. The lowest BCUT2D eigenvalue weighted by Crippen LogP contribution is -2.04. The summed E-state index contributed by atoms with van der Waals surface area (Å²) in [7, 11) is 1.36. The fraction of sp³-hybridized carbons (Fsp3) is 0.133. The lowest BCUT2D eigenvalue weighted by Gasteiger charge is -2.10. The number of nitrogens with one attached hydrogen (secondary N) is 1. The molecular weight excluding hydrogens is 354 g/mol. The summed E-state index contributed by atoms with van der Waals surface area (Å²) in [5.74, 6) is 0.946. The first-order valence-electron chi connectivity index (χ1n) is 6.97. The topological polar surface area (TPSA) is 77.6 Å². The summed E-state index contributed by atoms with van der Waals surface area (Å²) in [6, 6.07) is 7.93. The van der Waals surface area contributed by atoms with Gasteiger partial charge in [-0.1, -0.05) is 0 Å². The number of ether oxygens (including phenoxy) is 2. The molecule has 0 unspecified atom stereocenters. The standard InChI is InChI=1S/C15H12F2N4O3S/c1-22-10-5-4-9(7-12(10)24-14(16)17)8-18-21-13(19-20-15(21)25)11-3-2-6-23-11/h2-8,14H,1H3,(H,20,25)/b18-8-. The van der Waals surface area contributed by atoms with E-state index in [9.17, 15) is 8.78 Å². The summed E-state index contributed by atoms with van der Waals surface area (Å²) < 4.78 is 41.3. The zero-order valence-corrected chi connectivity index (χ0v) is 13.7. The third-order valence-electron chi connectivity index (χ3n) is 3.12.